The average Bonchev–Trinajstić information content (AvgIpc) is 2.73. The van der Waals surface area contributed by atoms with E-state index in [-0.39, 0.29) is 5.56 Å². The minimum absolute atomic E-state index is 0.0460. The average molecular weight is 425 g/mol. The lowest BCUT2D eigenvalue weighted by Gasteiger charge is -2.22. The Hall–Kier alpha value is -2.36. The molecular weight excluding hydrogens is 403 g/mol. The second-order valence-corrected chi connectivity index (χ2v) is 8.10. The first-order chi connectivity index (χ1) is 14.1. The van der Waals surface area contributed by atoms with E-state index in [4.69, 9.17) is 28.2 Å². The third kappa shape index (κ3) is 4.63. The molecule has 29 heavy (non-hydrogen) atoms. The number of aromatic nitrogens is 1. The first-order valence-corrected chi connectivity index (χ1v) is 10.6. The van der Waals surface area contributed by atoms with Gasteiger partial charge in [-0.15, -0.1) is 0 Å². The number of rotatable bonds is 5. The Morgan fingerprint density at radius 2 is 1.72 bits per heavy atom. The molecule has 0 radical (unpaired) electrons. The van der Waals surface area contributed by atoms with Crippen molar-refractivity contribution < 1.29 is 0 Å². The highest BCUT2D eigenvalue weighted by Gasteiger charge is 2.19. The topological polar surface area (TPSA) is 34.4 Å². The van der Waals surface area contributed by atoms with Crippen molar-refractivity contribution in [1.82, 2.24) is 4.57 Å². The van der Waals surface area contributed by atoms with Gasteiger partial charge in [0.1, 0.15) is 0 Å². The van der Waals surface area contributed by atoms with Gasteiger partial charge in [0.25, 0.3) is 5.56 Å². The van der Waals surface area contributed by atoms with Crippen LogP contribution >= 0.6 is 23.2 Å². The number of pyridine rings is 1. The van der Waals surface area contributed by atoms with E-state index in [0.29, 0.717) is 23.1 Å². The Balaban J connectivity index is 1.57. The van der Waals surface area contributed by atoms with Crippen LogP contribution in [-0.4, -0.2) is 16.8 Å². The van der Waals surface area contributed by atoms with E-state index in [9.17, 15) is 4.79 Å². The molecule has 148 valence electrons. The third-order valence-corrected chi connectivity index (χ3v) is 6.04. The molecule has 0 fully saturated rings. The zero-order valence-electron chi connectivity index (χ0n) is 16.1. The fourth-order valence-electron chi connectivity index (χ4n) is 3.83. The lowest BCUT2D eigenvalue weighted by atomic mass is 9.93. The van der Waals surface area contributed by atoms with Gasteiger partial charge in [0.2, 0.25) is 0 Å². The summed E-state index contributed by atoms with van der Waals surface area (Å²) in [5, 5.41) is 1.14. The number of hydrogen-bond donors (Lipinski definition) is 0. The van der Waals surface area contributed by atoms with Crippen LogP contribution in [0.3, 0.4) is 0 Å². The number of benzene rings is 2. The SMILES string of the molecule is O=c1ccc2c(n1Cc1ccccc1)CCCC2=NCCc1ccc(Cl)c(Cl)c1. The molecule has 5 heteroatoms. The molecule has 0 saturated carbocycles. The van der Waals surface area contributed by atoms with Crippen molar-refractivity contribution in [2.24, 2.45) is 4.99 Å². The zero-order chi connectivity index (χ0) is 20.2. The number of aliphatic imine (C=N–C) groups is 1. The van der Waals surface area contributed by atoms with Crippen LogP contribution in [-0.2, 0) is 19.4 Å². The molecule has 3 nitrogen and oxygen atoms in total. The highest BCUT2D eigenvalue weighted by Crippen LogP contribution is 2.24. The van der Waals surface area contributed by atoms with Gasteiger partial charge in [-0.2, -0.15) is 0 Å². The summed E-state index contributed by atoms with van der Waals surface area (Å²) in [4.78, 5) is 17.4. The Kier molecular flexibility index (Phi) is 6.17. The van der Waals surface area contributed by atoms with Crippen molar-refractivity contribution in [2.75, 3.05) is 6.54 Å². The molecule has 0 atom stereocenters. The van der Waals surface area contributed by atoms with Gasteiger partial charge in [0, 0.05) is 29.6 Å². The van der Waals surface area contributed by atoms with Crippen LogP contribution in [0.15, 0.2) is 70.5 Å². The first kappa shape index (κ1) is 19.9. The van der Waals surface area contributed by atoms with E-state index in [1.165, 1.54) is 0 Å². The molecule has 0 aliphatic heterocycles. The van der Waals surface area contributed by atoms with E-state index in [0.717, 1.165) is 53.8 Å². The van der Waals surface area contributed by atoms with E-state index in [1.807, 2.05) is 47.0 Å². The van der Waals surface area contributed by atoms with Gasteiger partial charge >= 0.3 is 0 Å². The van der Waals surface area contributed by atoms with Crippen molar-refractivity contribution in [2.45, 2.75) is 32.2 Å². The Morgan fingerprint density at radius 1 is 0.897 bits per heavy atom. The summed E-state index contributed by atoms with van der Waals surface area (Å²) < 4.78 is 1.90. The normalized spacial score (nSPS) is 14.8. The predicted octanol–water partition coefficient (Wildman–Crippen LogP) is 5.57. The van der Waals surface area contributed by atoms with E-state index in [2.05, 4.69) is 12.1 Å². The van der Waals surface area contributed by atoms with Gasteiger partial charge in [-0.25, -0.2) is 0 Å². The molecule has 1 heterocycles. The van der Waals surface area contributed by atoms with Crippen molar-refractivity contribution in [3.63, 3.8) is 0 Å². The zero-order valence-corrected chi connectivity index (χ0v) is 17.6. The molecule has 0 bridgehead atoms. The molecule has 0 saturated heterocycles. The predicted molar refractivity (Wildman–Crippen MR) is 121 cm³/mol. The molecule has 1 aliphatic rings. The van der Waals surface area contributed by atoms with Crippen molar-refractivity contribution in [3.8, 4) is 0 Å². The minimum Gasteiger partial charge on any atom is -0.308 e. The van der Waals surface area contributed by atoms with Crippen LogP contribution < -0.4 is 5.56 Å². The summed E-state index contributed by atoms with van der Waals surface area (Å²) in [5.41, 5.74) is 5.60. The fourth-order valence-corrected chi connectivity index (χ4v) is 4.15. The van der Waals surface area contributed by atoms with Gasteiger partial charge in [-0.05, 0) is 55.0 Å². The van der Waals surface area contributed by atoms with Gasteiger partial charge in [0.15, 0.2) is 0 Å². The molecule has 0 spiro atoms. The van der Waals surface area contributed by atoms with Crippen molar-refractivity contribution in [3.05, 3.63) is 103 Å². The summed E-state index contributed by atoms with van der Waals surface area (Å²) in [7, 11) is 0. The van der Waals surface area contributed by atoms with Crippen LogP contribution in [0.1, 0.15) is 35.2 Å². The van der Waals surface area contributed by atoms with Crippen LogP contribution in [0.5, 0.6) is 0 Å². The van der Waals surface area contributed by atoms with Crippen molar-refractivity contribution in [1.29, 1.82) is 0 Å². The molecule has 1 aromatic heterocycles. The quantitative estimate of drug-likeness (QED) is 0.526. The van der Waals surface area contributed by atoms with Gasteiger partial charge < -0.3 is 4.57 Å². The standard InChI is InChI=1S/C24H22Cl2N2O/c25-20-11-9-17(15-21(20)26)13-14-27-22-7-4-8-23-19(22)10-12-24(29)28(23)16-18-5-2-1-3-6-18/h1-3,5-6,9-12,15H,4,7-8,13-14,16H2. The Morgan fingerprint density at radius 3 is 2.52 bits per heavy atom. The highest BCUT2D eigenvalue weighted by molar-refractivity contribution is 6.42. The van der Waals surface area contributed by atoms with Crippen LogP contribution in [0.4, 0.5) is 0 Å². The molecule has 0 amide bonds. The maximum absolute atomic E-state index is 12.6. The van der Waals surface area contributed by atoms with Crippen LogP contribution in [0.2, 0.25) is 10.0 Å². The second kappa shape index (κ2) is 8.98. The summed E-state index contributed by atoms with van der Waals surface area (Å²) in [6, 6.07) is 19.4. The number of fused-ring (bicyclic) bond motifs is 1. The Labute approximate surface area is 180 Å². The Bertz CT molecular complexity index is 1100. The second-order valence-electron chi connectivity index (χ2n) is 7.28. The molecular formula is C24H22Cl2N2O. The van der Waals surface area contributed by atoms with E-state index in [1.54, 1.807) is 6.07 Å². The summed E-state index contributed by atoms with van der Waals surface area (Å²) >= 11 is 12.1. The first-order valence-electron chi connectivity index (χ1n) is 9.86. The monoisotopic (exact) mass is 424 g/mol. The van der Waals surface area contributed by atoms with Crippen LogP contribution in [0, 0.1) is 0 Å². The molecule has 1 aliphatic carbocycles. The van der Waals surface area contributed by atoms with E-state index >= 15 is 0 Å². The molecule has 4 rings (SSSR count). The van der Waals surface area contributed by atoms with Gasteiger partial charge in [-0.3, -0.25) is 9.79 Å². The highest BCUT2D eigenvalue weighted by atomic mass is 35.5. The number of nitrogens with zero attached hydrogens (tertiary/aromatic N) is 2. The number of hydrogen-bond acceptors (Lipinski definition) is 2. The smallest absolute Gasteiger partial charge is 0.251 e. The summed E-state index contributed by atoms with van der Waals surface area (Å²) in [5.74, 6) is 0. The lowest BCUT2D eigenvalue weighted by molar-refractivity contribution is 0.665. The molecule has 2 aromatic carbocycles. The van der Waals surface area contributed by atoms with Crippen molar-refractivity contribution >= 4 is 28.9 Å². The van der Waals surface area contributed by atoms with Gasteiger partial charge in [0.05, 0.1) is 16.6 Å². The third-order valence-electron chi connectivity index (χ3n) is 5.30. The summed E-state index contributed by atoms with van der Waals surface area (Å²) in [6.45, 7) is 1.28. The van der Waals surface area contributed by atoms with E-state index < -0.39 is 0 Å². The number of halogens is 2. The maximum Gasteiger partial charge on any atom is 0.251 e. The maximum atomic E-state index is 12.6. The fraction of sp³-hybridized carbons (Fsp3) is 0.250. The molecule has 3 aromatic rings. The molecule has 0 N–H and O–H groups in total. The largest absolute Gasteiger partial charge is 0.308 e. The van der Waals surface area contributed by atoms with Crippen LogP contribution in [0.25, 0.3) is 0 Å². The van der Waals surface area contributed by atoms with Gasteiger partial charge in [-0.1, -0.05) is 59.6 Å². The molecule has 0 unspecified atom stereocenters. The lowest BCUT2D eigenvalue weighted by Crippen LogP contribution is -2.28. The summed E-state index contributed by atoms with van der Waals surface area (Å²) in [6.07, 6.45) is 3.66. The minimum atomic E-state index is 0.0460.